The van der Waals surface area contributed by atoms with E-state index in [0.29, 0.717) is 13.2 Å². The van der Waals surface area contributed by atoms with E-state index in [9.17, 15) is 4.79 Å². The van der Waals surface area contributed by atoms with Crippen molar-refractivity contribution in [3.05, 3.63) is 0 Å². The van der Waals surface area contributed by atoms with Gasteiger partial charge in [0.1, 0.15) is 6.61 Å². The molecule has 0 saturated carbocycles. The molecule has 0 spiro atoms. The maximum Gasteiger partial charge on any atom is 0.407 e. The number of nitrogens with one attached hydrogen (secondary N) is 1. The van der Waals surface area contributed by atoms with Gasteiger partial charge in [-0.1, -0.05) is 0 Å². The molecule has 0 aliphatic rings. The normalized spacial score (nSPS) is 10.4. The van der Waals surface area contributed by atoms with E-state index in [1.54, 1.807) is 0 Å². The maximum atomic E-state index is 11.0. The molecule has 0 aliphatic carbocycles. The van der Waals surface area contributed by atoms with Crippen molar-refractivity contribution in [2.24, 2.45) is 0 Å². The smallest absolute Gasteiger partial charge is 0.407 e. The summed E-state index contributed by atoms with van der Waals surface area (Å²) in [4.78, 5) is 11.0. The van der Waals surface area contributed by atoms with Crippen molar-refractivity contribution in [2.75, 3.05) is 33.0 Å². The van der Waals surface area contributed by atoms with Gasteiger partial charge >= 0.3 is 6.09 Å². The van der Waals surface area contributed by atoms with Crippen molar-refractivity contribution in [2.45, 2.75) is 20.1 Å². The van der Waals surface area contributed by atoms with Gasteiger partial charge in [0.05, 0.1) is 13.2 Å². The van der Waals surface area contributed by atoms with Crippen LogP contribution in [0, 0.1) is 0 Å². The summed E-state index contributed by atoms with van der Waals surface area (Å²) in [7, 11) is 0. The molecule has 6 nitrogen and oxygen atoms in total. The first-order valence-electron chi connectivity index (χ1n) is 4.99. The summed E-state index contributed by atoms with van der Waals surface area (Å²) in [6.07, 6.45) is -1.05. The second-order valence-electron chi connectivity index (χ2n) is 2.58. The zero-order chi connectivity index (χ0) is 11.5. The van der Waals surface area contributed by atoms with Crippen molar-refractivity contribution in [1.82, 2.24) is 5.32 Å². The zero-order valence-corrected chi connectivity index (χ0v) is 9.19. The van der Waals surface area contributed by atoms with Gasteiger partial charge < -0.3 is 24.6 Å². The number of aliphatic hydroxyl groups excluding tert-OH is 1. The highest BCUT2D eigenvalue weighted by Gasteiger charge is 2.10. The number of rotatable bonds is 8. The lowest BCUT2D eigenvalue weighted by molar-refractivity contribution is -0.132. The Morgan fingerprint density at radius 1 is 1.33 bits per heavy atom. The van der Waals surface area contributed by atoms with Crippen molar-refractivity contribution < 1.29 is 24.1 Å². The third kappa shape index (κ3) is 8.17. The second kappa shape index (κ2) is 9.70. The van der Waals surface area contributed by atoms with E-state index >= 15 is 0 Å². The van der Waals surface area contributed by atoms with E-state index in [0.717, 1.165) is 0 Å². The number of amides is 1. The Morgan fingerprint density at radius 2 is 1.93 bits per heavy atom. The number of ether oxygens (including phenoxy) is 3. The molecule has 0 radical (unpaired) electrons. The van der Waals surface area contributed by atoms with E-state index < -0.39 is 12.4 Å². The second-order valence-corrected chi connectivity index (χ2v) is 2.58. The number of carbonyl (C=O) groups is 1. The van der Waals surface area contributed by atoms with Gasteiger partial charge in [-0.25, -0.2) is 4.79 Å². The molecule has 0 aromatic carbocycles. The third-order valence-electron chi connectivity index (χ3n) is 1.44. The summed E-state index contributed by atoms with van der Waals surface area (Å²) < 4.78 is 15.0. The van der Waals surface area contributed by atoms with Crippen LogP contribution in [0.5, 0.6) is 0 Å². The molecular weight excluding hydrogens is 202 g/mol. The number of hydrogen-bond acceptors (Lipinski definition) is 5. The standard InChI is InChI=1S/C9H19NO5/c1-3-13-8(14-4-2)7-10-9(12)15-6-5-11/h8,11H,3-7H2,1-2H3,(H,10,12). The fourth-order valence-electron chi connectivity index (χ4n) is 0.894. The van der Waals surface area contributed by atoms with Gasteiger partial charge in [0.2, 0.25) is 0 Å². The van der Waals surface area contributed by atoms with Gasteiger partial charge in [0, 0.05) is 13.2 Å². The molecule has 6 heteroatoms. The minimum absolute atomic E-state index is 0.0141. The molecular formula is C9H19NO5. The molecule has 0 saturated heterocycles. The van der Waals surface area contributed by atoms with Gasteiger partial charge in [-0.15, -0.1) is 0 Å². The van der Waals surface area contributed by atoms with E-state index in [-0.39, 0.29) is 19.8 Å². The molecule has 90 valence electrons. The maximum absolute atomic E-state index is 11.0. The minimum Gasteiger partial charge on any atom is -0.447 e. The monoisotopic (exact) mass is 221 g/mol. The number of hydrogen-bond donors (Lipinski definition) is 2. The molecule has 0 bridgehead atoms. The number of alkyl carbamates (subject to hydrolysis) is 1. The Kier molecular flexibility index (Phi) is 9.15. The summed E-state index contributed by atoms with van der Waals surface area (Å²) in [5, 5.41) is 10.9. The molecule has 0 aromatic rings. The lowest BCUT2D eigenvalue weighted by Gasteiger charge is -2.17. The summed E-state index contributed by atoms with van der Waals surface area (Å²) in [6, 6.07) is 0. The Labute approximate surface area is 89.5 Å². The van der Waals surface area contributed by atoms with Crippen molar-refractivity contribution >= 4 is 6.09 Å². The predicted octanol–water partition coefficient (Wildman–Crippen LogP) is 0.104. The Bertz CT molecular complexity index is 159. The van der Waals surface area contributed by atoms with E-state index in [1.165, 1.54) is 0 Å². The molecule has 15 heavy (non-hydrogen) atoms. The van der Waals surface area contributed by atoms with Gasteiger partial charge in [-0.05, 0) is 13.8 Å². The van der Waals surface area contributed by atoms with Crippen molar-refractivity contribution in [3.8, 4) is 0 Å². The van der Waals surface area contributed by atoms with Crippen LogP contribution in [0.15, 0.2) is 0 Å². The quantitative estimate of drug-likeness (QED) is 0.569. The van der Waals surface area contributed by atoms with Crippen LogP contribution in [-0.2, 0) is 14.2 Å². The lowest BCUT2D eigenvalue weighted by Crippen LogP contribution is -2.36. The first-order valence-corrected chi connectivity index (χ1v) is 4.99. The predicted molar refractivity (Wildman–Crippen MR) is 53.5 cm³/mol. The highest BCUT2D eigenvalue weighted by Crippen LogP contribution is 1.93. The number of carbonyl (C=O) groups excluding carboxylic acids is 1. The fraction of sp³-hybridized carbons (Fsp3) is 0.889. The van der Waals surface area contributed by atoms with Crippen LogP contribution in [-0.4, -0.2) is 50.5 Å². The molecule has 0 rings (SSSR count). The molecule has 0 unspecified atom stereocenters. The summed E-state index contributed by atoms with van der Waals surface area (Å²) in [5.41, 5.74) is 0. The van der Waals surface area contributed by atoms with Crippen LogP contribution in [0.4, 0.5) is 4.79 Å². The van der Waals surface area contributed by atoms with Crippen LogP contribution in [0.2, 0.25) is 0 Å². The lowest BCUT2D eigenvalue weighted by atomic mass is 10.6. The van der Waals surface area contributed by atoms with Crippen LogP contribution in [0.1, 0.15) is 13.8 Å². The first kappa shape index (κ1) is 14.2. The van der Waals surface area contributed by atoms with Crippen molar-refractivity contribution in [1.29, 1.82) is 0 Å². The van der Waals surface area contributed by atoms with Gasteiger partial charge in [-0.3, -0.25) is 0 Å². The number of aliphatic hydroxyl groups is 1. The van der Waals surface area contributed by atoms with Gasteiger partial charge in [0.25, 0.3) is 0 Å². The Hall–Kier alpha value is -0.850. The van der Waals surface area contributed by atoms with Crippen LogP contribution < -0.4 is 5.32 Å². The topological polar surface area (TPSA) is 77.0 Å². The molecule has 1 amide bonds. The summed E-state index contributed by atoms with van der Waals surface area (Å²) in [5.74, 6) is 0. The largest absolute Gasteiger partial charge is 0.447 e. The van der Waals surface area contributed by atoms with Gasteiger partial charge in [0.15, 0.2) is 6.29 Å². The average Bonchev–Trinajstić information content (AvgIpc) is 2.23. The highest BCUT2D eigenvalue weighted by molar-refractivity contribution is 5.67. The molecule has 0 aromatic heterocycles. The molecule has 0 atom stereocenters. The minimum atomic E-state index is -0.589. The Balaban J connectivity index is 3.62. The third-order valence-corrected chi connectivity index (χ3v) is 1.44. The summed E-state index contributed by atoms with van der Waals surface area (Å²) >= 11 is 0. The first-order chi connectivity index (χ1) is 7.24. The highest BCUT2D eigenvalue weighted by atomic mass is 16.7. The molecule has 2 N–H and O–H groups in total. The van der Waals surface area contributed by atoms with Crippen LogP contribution in [0.3, 0.4) is 0 Å². The SMILES string of the molecule is CCOC(CNC(=O)OCCO)OCC. The fourth-order valence-corrected chi connectivity index (χ4v) is 0.894. The molecule has 0 fully saturated rings. The van der Waals surface area contributed by atoms with E-state index in [4.69, 9.17) is 14.6 Å². The summed E-state index contributed by atoms with van der Waals surface area (Å²) in [6.45, 7) is 4.74. The van der Waals surface area contributed by atoms with E-state index in [2.05, 4.69) is 10.1 Å². The van der Waals surface area contributed by atoms with Crippen molar-refractivity contribution in [3.63, 3.8) is 0 Å². The Morgan fingerprint density at radius 3 is 2.40 bits per heavy atom. The molecule has 0 aliphatic heterocycles. The van der Waals surface area contributed by atoms with E-state index in [1.807, 2.05) is 13.8 Å². The zero-order valence-electron chi connectivity index (χ0n) is 9.19. The molecule has 0 heterocycles. The average molecular weight is 221 g/mol. The van der Waals surface area contributed by atoms with Crippen LogP contribution in [0.25, 0.3) is 0 Å². The van der Waals surface area contributed by atoms with Gasteiger partial charge in [-0.2, -0.15) is 0 Å². The van der Waals surface area contributed by atoms with Crippen LogP contribution >= 0.6 is 0 Å².